The van der Waals surface area contributed by atoms with Crippen molar-refractivity contribution in [2.24, 2.45) is 5.92 Å². The second-order valence-corrected chi connectivity index (χ2v) is 5.84. The maximum Gasteiger partial charge on any atom is 0.0234 e. The van der Waals surface area contributed by atoms with E-state index in [0.29, 0.717) is 5.41 Å². The molecule has 0 spiro atoms. The Kier molecular flexibility index (Phi) is 2.13. The van der Waals surface area contributed by atoms with Gasteiger partial charge in [-0.3, -0.25) is 0 Å². The highest BCUT2D eigenvalue weighted by Crippen LogP contribution is 2.62. The summed E-state index contributed by atoms with van der Waals surface area (Å²) in [6.45, 7) is 8.95. The SMILES string of the molecule is CC1=CC2CC2(c2ccc(C)cc2C)C(C)=C1. The van der Waals surface area contributed by atoms with Gasteiger partial charge < -0.3 is 0 Å². The maximum absolute atomic E-state index is 2.45. The summed E-state index contributed by atoms with van der Waals surface area (Å²) in [4.78, 5) is 0. The van der Waals surface area contributed by atoms with Crippen molar-refractivity contribution in [1.29, 1.82) is 0 Å². The predicted molar refractivity (Wildman–Crippen MR) is 73.2 cm³/mol. The number of fused-ring (bicyclic) bond motifs is 1. The number of rotatable bonds is 1. The quantitative estimate of drug-likeness (QED) is 0.660. The number of aryl methyl sites for hydroxylation is 2. The standard InChI is InChI=1S/C17H20/c1-11-5-6-16(13(3)7-11)17-10-15(17)9-12(2)8-14(17)4/h5-9,15H,10H2,1-4H3. The summed E-state index contributed by atoms with van der Waals surface area (Å²) in [5.41, 5.74) is 7.69. The average Bonchev–Trinajstić information content (AvgIpc) is 2.93. The number of hydrogen-bond donors (Lipinski definition) is 0. The molecule has 0 nitrogen and oxygen atoms in total. The molecule has 0 saturated heterocycles. The van der Waals surface area contributed by atoms with Gasteiger partial charge in [-0.05, 0) is 51.2 Å². The van der Waals surface area contributed by atoms with Crippen LogP contribution in [0.15, 0.2) is 41.5 Å². The molecule has 0 heterocycles. The lowest BCUT2D eigenvalue weighted by Crippen LogP contribution is -2.15. The zero-order valence-electron chi connectivity index (χ0n) is 11.2. The largest absolute Gasteiger partial charge is 0.0772 e. The van der Waals surface area contributed by atoms with E-state index < -0.39 is 0 Å². The summed E-state index contributed by atoms with van der Waals surface area (Å²) in [7, 11) is 0. The molecular weight excluding hydrogens is 204 g/mol. The van der Waals surface area contributed by atoms with Crippen molar-refractivity contribution in [3.63, 3.8) is 0 Å². The van der Waals surface area contributed by atoms with E-state index in [4.69, 9.17) is 0 Å². The third-order valence-electron chi connectivity index (χ3n) is 4.49. The van der Waals surface area contributed by atoms with Gasteiger partial charge in [-0.1, -0.05) is 47.1 Å². The third-order valence-corrected chi connectivity index (χ3v) is 4.49. The minimum absolute atomic E-state index is 0.345. The van der Waals surface area contributed by atoms with Crippen LogP contribution in [0.2, 0.25) is 0 Å². The number of allylic oxidation sites excluding steroid dienone is 4. The molecule has 1 aromatic rings. The molecule has 2 atom stereocenters. The molecule has 1 fully saturated rings. The number of hydrogen-bond acceptors (Lipinski definition) is 0. The molecule has 0 bridgehead atoms. The van der Waals surface area contributed by atoms with Crippen LogP contribution in [0.1, 0.15) is 37.0 Å². The van der Waals surface area contributed by atoms with Gasteiger partial charge in [-0.15, -0.1) is 0 Å². The van der Waals surface area contributed by atoms with E-state index in [0.717, 1.165) is 5.92 Å². The smallest absolute Gasteiger partial charge is 0.0234 e. The Bertz CT molecular complexity index is 545. The fourth-order valence-corrected chi connectivity index (χ4v) is 3.61. The highest BCUT2D eigenvalue weighted by atomic mass is 14.6. The molecule has 0 aliphatic heterocycles. The van der Waals surface area contributed by atoms with Crippen LogP contribution in [-0.4, -0.2) is 0 Å². The van der Waals surface area contributed by atoms with E-state index >= 15 is 0 Å². The van der Waals surface area contributed by atoms with Crippen LogP contribution >= 0.6 is 0 Å². The third kappa shape index (κ3) is 1.43. The van der Waals surface area contributed by atoms with Crippen molar-refractivity contribution in [3.8, 4) is 0 Å². The van der Waals surface area contributed by atoms with Crippen molar-refractivity contribution < 1.29 is 0 Å². The summed E-state index contributed by atoms with van der Waals surface area (Å²) in [6, 6.07) is 6.92. The van der Waals surface area contributed by atoms with Crippen LogP contribution in [0, 0.1) is 19.8 Å². The van der Waals surface area contributed by atoms with Crippen molar-refractivity contribution >= 4 is 0 Å². The van der Waals surface area contributed by atoms with E-state index in [1.807, 2.05) is 0 Å². The van der Waals surface area contributed by atoms with Gasteiger partial charge in [0, 0.05) is 5.41 Å². The molecule has 2 aliphatic rings. The molecule has 1 saturated carbocycles. The van der Waals surface area contributed by atoms with Crippen molar-refractivity contribution in [1.82, 2.24) is 0 Å². The highest BCUT2D eigenvalue weighted by molar-refractivity contribution is 5.54. The minimum Gasteiger partial charge on any atom is -0.0772 e. The Morgan fingerprint density at radius 3 is 2.53 bits per heavy atom. The highest BCUT2D eigenvalue weighted by Gasteiger charge is 2.56. The first kappa shape index (κ1) is 10.8. The van der Waals surface area contributed by atoms with E-state index in [2.05, 4.69) is 58.0 Å². The second kappa shape index (κ2) is 3.35. The van der Waals surface area contributed by atoms with Gasteiger partial charge >= 0.3 is 0 Å². The summed E-state index contributed by atoms with van der Waals surface area (Å²) in [6.07, 6.45) is 6.12. The molecule has 88 valence electrons. The first-order chi connectivity index (χ1) is 8.04. The fourth-order valence-electron chi connectivity index (χ4n) is 3.61. The normalized spacial score (nSPS) is 30.5. The van der Waals surface area contributed by atoms with Gasteiger partial charge in [0.05, 0.1) is 0 Å². The van der Waals surface area contributed by atoms with Crippen LogP contribution in [0.25, 0.3) is 0 Å². The lowest BCUT2D eigenvalue weighted by atomic mass is 9.80. The van der Waals surface area contributed by atoms with Crippen molar-refractivity contribution in [3.05, 3.63) is 58.2 Å². The van der Waals surface area contributed by atoms with Gasteiger partial charge in [-0.2, -0.15) is 0 Å². The van der Waals surface area contributed by atoms with Gasteiger partial charge in [-0.25, -0.2) is 0 Å². The zero-order valence-corrected chi connectivity index (χ0v) is 11.2. The molecular formula is C17H20. The molecule has 2 unspecified atom stereocenters. The zero-order chi connectivity index (χ0) is 12.2. The molecule has 17 heavy (non-hydrogen) atoms. The lowest BCUT2D eigenvalue weighted by molar-refractivity contribution is 0.746. The predicted octanol–water partition coefficient (Wildman–Crippen LogP) is 4.47. The monoisotopic (exact) mass is 224 g/mol. The van der Waals surface area contributed by atoms with Gasteiger partial charge in [0.15, 0.2) is 0 Å². The van der Waals surface area contributed by atoms with E-state index in [1.165, 1.54) is 23.1 Å². The van der Waals surface area contributed by atoms with Crippen LogP contribution in [0.5, 0.6) is 0 Å². The Balaban J connectivity index is 2.10. The Morgan fingerprint density at radius 2 is 1.88 bits per heavy atom. The van der Waals surface area contributed by atoms with Gasteiger partial charge in [0.1, 0.15) is 0 Å². The van der Waals surface area contributed by atoms with E-state index in [1.54, 1.807) is 11.1 Å². The van der Waals surface area contributed by atoms with Crippen molar-refractivity contribution in [2.75, 3.05) is 0 Å². The maximum atomic E-state index is 2.45. The van der Waals surface area contributed by atoms with E-state index in [9.17, 15) is 0 Å². The van der Waals surface area contributed by atoms with Crippen LogP contribution in [0.4, 0.5) is 0 Å². The first-order valence-electron chi connectivity index (χ1n) is 6.49. The van der Waals surface area contributed by atoms with Crippen LogP contribution in [0.3, 0.4) is 0 Å². The molecule has 0 heteroatoms. The minimum atomic E-state index is 0.345. The molecule has 0 radical (unpaired) electrons. The molecule has 2 aliphatic carbocycles. The molecule has 0 aromatic heterocycles. The molecule has 3 rings (SSSR count). The Morgan fingerprint density at radius 1 is 1.12 bits per heavy atom. The summed E-state index contributed by atoms with van der Waals surface area (Å²) in [5.74, 6) is 0.744. The molecule has 1 aromatic carbocycles. The van der Waals surface area contributed by atoms with Crippen molar-refractivity contribution in [2.45, 2.75) is 39.5 Å². The van der Waals surface area contributed by atoms with Gasteiger partial charge in [0.25, 0.3) is 0 Å². The van der Waals surface area contributed by atoms with E-state index in [-0.39, 0.29) is 0 Å². The first-order valence-corrected chi connectivity index (χ1v) is 6.49. The lowest BCUT2D eigenvalue weighted by Gasteiger charge is -2.24. The molecule has 0 amide bonds. The van der Waals surface area contributed by atoms with Gasteiger partial charge in [0.2, 0.25) is 0 Å². The van der Waals surface area contributed by atoms with Crippen LogP contribution in [-0.2, 0) is 5.41 Å². The Hall–Kier alpha value is -1.30. The number of benzene rings is 1. The summed E-state index contributed by atoms with van der Waals surface area (Å²) in [5, 5.41) is 0. The molecule has 0 N–H and O–H groups in total. The fraction of sp³-hybridized carbons (Fsp3) is 0.412. The van der Waals surface area contributed by atoms with Crippen LogP contribution < -0.4 is 0 Å². The summed E-state index contributed by atoms with van der Waals surface area (Å²) >= 11 is 0. The Labute approximate surface area is 104 Å². The summed E-state index contributed by atoms with van der Waals surface area (Å²) < 4.78 is 0. The average molecular weight is 224 g/mol. The topological polar surface area (TPSA) is 0 Å². The second-order valence-electron chi connectivity index (χ2n) is 5.84.